The highest BCUT2D eigenvalue weighted by Crippen LogP contribution is 2.10. The van der Waals surface area contributed by atoms with Crippen LogP contribution in [0.5, 0.6) is 0 Å². The van der Waals surface area contributed by atoms with E-state index < -0.39 is 0 Å². The number of ether oxygens (including phenoxy) is 1. The minimum absolute atomic E-state index is 0.277. The number of nitrogens with zero attached hydrogens (tertiary/aromatic N) is 2. The zero-order valence-corrected chi connectivity index (χ0v) is 12.5. The van der Waals surface area contributed by atoms with E-state index in [0.29, 0.717) is 12.1 Å². The van der Waals surface area contributed by atoms with Gasteiger partial charge in [0.05, 0.1) is 23.8 Å². The van der Waals surface area contributed by atoms with Gasteiger partial charge in [-0.2, -0.15) is 0 Å². The predicted molar refractivity (Wildman–Crippen MR) is 83.2 cm³/mol. The van der Waals surface area contributed by atoms with Gasteiger partial charge in [0.25, 0.3) is 0 Å². The van der Waals surface area contributed by atoms with Gasteiger partial charge >= 0.3 is 5.97 Å². The molecule has 0 unspecified atom stereocenters. The van der Waals surface area contributed by atoms with Crippen LogP contribution in [-0.4, -0.2) is 22.5 Å². The van der Waals surface area contributed by atoms with Crippen LogP contribution in [-0.2, 0) is 4.74 Å². The zero-order valence-electron chi connectivity index (χ0n) is 12.5. The Balaban J connectivity index is 1.77. The highest BCUT2D eigenvalue weighted by Gasteiger charge is 2.10. The maximum absolute atomic E-state index is 11.9. The molecule has 0 N–H and O–H groups in total. The monoisotopic (exact) mass is 286 g/mol. The number of benzene rings is 1. The van der Waals surface area contributed by atoms with Crippen LogP contribution in [0.1, 0.15) is 55.9 Å². The van der Waals surface area contributed by atoms with Crippen molar-refractivity contribution in [1.82, 2.24) is 9.97 Å². The number of esters is 1. The molecule has 0 bridgehead atoms. The molecule has 0 atom stereocenters. The summed E-state index contributed by atoms with van der Waals surface area (Å²) in [5.41, 5.74) is 1.77. The molecule has 0 saturated heterocycles. The molecule has 1 aromatic carbocycles. The molecule has 4 nitrogen and oxygen atoms in total. The summed E-state index contributed by atoms with van der Waals surface area (Å²) >= 11 is 0. The first-order valence-corrected chi connectivity index (χ1v) is 7.70. The first-order chi connectivity index (χ1) is 10.3. The number of para-hydroxylation sites is 2. The molecule has 0 aliphatic carbocycles. The smallest absolute Gasteiger partial charge is 0.358 e. The van der Waals surface area contributed by atoms with Gasteiger partial charge in [-0.05, 0) is 18.6 Å². The summed E-state index contributed by atoms with van der Waals surface area (Å²) in [5, 5.41) is 0. The van der Waals surface area contributed by atoms with Gasteiger partial charge in [-0.15, -0.1) is 0 Å². The van der Waals surface area contributed by atoms with Gasteiger partial charge in [0.1, 0.15) is 0 Å². The summed E-state index contributed by atoms with van der Waals surface area (Å²) in [4.78, 5) is 20.4. The molecule has 1 heterocycles. The number of aromatic nitrogens is 2. The lowest BCUT2D eigenvalue weighted by molar-refractivity contribution is 0.0491. The fourth-order valence-corrected chi connectivity index (χ4v) is 2.18. The van der Waals surface area contributed by atoms with Crippen LogP contribution in [0.2, 0.25) is 0 Å². The summed E-state index contributed by atoms with van der Waals surface area (Å²) < 4.78 is 5.24. The van der Waals surface area contributed by atoms with Crippen LogP contribution in [0.15, 0.2) is 30.5 Å². The highest BCUT2D eigenvalue weighted by atomic mass is 16.5. The first-order valence-electron chi connectivity index (χ1n) is 7.70. The molecule has 4 heteroatoms. The number of carbonyl (C=O) groups is 1. The lowest BCUT2D eigenvalue weighted by Crippen LogP contribution is -2.09. The number of rotatable bonds is 8. The minimum Gasteiger partial charge on any atom is -0.461 e. The second-order valence-corrected chi connectivity index (χ2v) is 5.15. The van der Waals surface area contributed by atoms with Gasteiger partial charge in [-0.3, -0.25) is 4.98 Å². The van der Waals surface area contributed by atoms with E-state index in [0.717, 1.165) is 18.4 Å². The van der Waals surface area contributed by atoms with Crippen molar-refractivity contribution in [1.29, 1.82) is 0 Å². The van der Waals surface area contributed by atoms with Gasteiger partial charge in [-0.1, -0.05) is 51.2 Å². The van der Waals surface area contributed by atoms with Crippen molar-refractivity contribution in [3.63, 3.8) is 0 Å². The Labute approximate surface area is 125 Å². The third-order valence-corrected chi connectivity index (χ3v) is 3.39. The molecule has 0 saturated carbocycles. The van der Waals surface area contributed by atoms with Crippen molar-refractivity contribution in [2.45, 2.75) is 45.4 Å². The van der Waals surface area contributed by atoms with E-state index in [2.05, 4.69) is 16.9 Å². The molecule has 1 aromatic heterocycles. The second kappa shape index (κ2) is 8.35. The van der Waals surface area contributed by atoms with Gasteiger partial charge < -0.3 is 4.74 Å². The molecular weight excluding hydrogens is 264 g/mol. The van der Waals surface area contributed by atoms with E-state index in [1.807, 2.05) is 24.3 Å². The molecule has 0 aliphatic heterocycles. The Morgan fingerprint density at radius 2 is 1.76 bits per heavy atom. The van der Waals surface area contributed by atoms with Crippen molar-refractivity contribution in [3.05, 3.63) is 36.2 Å². The molecule has 0 aliphatic rings. The lowest BCUT2D eigenvalue weighted by Gasteiger charge is -2.05. The van der Waals surface area contributed by atoms with Crippen molar-refractivity contribution in [3.8, 4) is 0 Å². The van der Waals surface area contributed by atoms with Crippen molar-refractivity contribution >= 4 is 17.0 Å². The molecule has 112 valence electrons. The molecule has 21 heavy (non-hydrogen) atoms. The van der Waals surface area contributed by atoms with Gasteiger partial charge in [-0.25, -0.2) is 9.78 Å². The average molecular weight is 286 g/mol. The van der Waals surface area contributed by atoms with Gasteiger partial charge in [0, 0.05) is 0 Å². The molecule has 2 aromatic rings. The fraction of sp³-hybridized carbons (Fsp3) is 0.471. The maximum Gasteiger partial charge on any atom is 0.358 e. The summed E-state index contributed by atoms with van der Waals surface area (Å²) in [6, 6.07) is 7.48. The Hall–Kier alpha value is -1.97. The third-order valence-electron chi connectivity index (χ3n) is 3.39. The Kier molecular flexibility index (Phi) is 6.13. The van der Waals surface area contributed by atoms with Crippen molar-refractivity contribution in [2.75, 3.05) is 6.61 Å². The Morgan fingerprint density at radius 1 is 1.05 bits per heavy atom. The predicted octanol–water partition coefficient (Wildman–Crippen LogP) is 4.15. The van der Waals surface area contributed by atoms with Gasteiger partial charge in [0.15, 0.2) is 5.69 Å². The van der Waals surface area contributed by atoms with E-state index in [1.165, 1.54) is 31.9 Å². The van der Waals surface area contributed by atoms with E-state index in [-0.39, 0.29) is 11.7 Å². The summed E-state index contributed by atoms with van der Waals surface area (Å²) in [7, 11) is 0. The molecule has 0 amide bonds. The van der Waals surface area contributed by atoms with Crippen molar-refractivity contribution in [2.24, 2.45) is 0 Å². The topological polar surface area (TPSA) is 52.1 Å². The quantitative estimate of drug-likeness (QED) is 0.540. The molecule has 0 fully saturated rings. The Bertz CT molecular complexity index is 584. The highest BCUT2D eigenvalue weighted by molar-refractivity contribution is 5.89. The summed E-state index contributed by atoms with van der Waals surface area (Å²) in [6.45, 7) is 2.66. The van der Waals surface area contributed by atoms with Crippen LogP contribution in [0.3, 0.4) is 0 Å². The Morgan fingerprint density at radius 3 is 2.57 bits per heavy atom. The van der Waals surface area contributed by atoms with Crippen LogP contribution in [0, 0.1) is 0 Å². The van der Waals surface area contributed by atoms with Crippen LogP contribution < -0.4 is 0 Å². The van der Waals surface area contributed by atoms with Crippen LogP contribution in [0.25, 0.3) is 11.0 Å². The average Bonchev–Trinajstić information content (AvgIpc) is 2.53. The molecule has 2 rings (SSSR count). The normalized spacial score (nSPS) is 10.7. The number of hydrogen-bond acceptors (Lipinski definition) is 4. The lowest BCUT2D eigenvalue weighted by atomic mass is 10.1. The number of hydrogen-bond donors (Lipinski definition) is 0. The van der Waals surface area contributed by atoms with E-state index in [4.69, 9.17) is 4.74 Å². The van der Waals surface area contributed by atoms with E-state index in [1.54, 1.807) is 0 Å². The molecular formula is C17H22N2O2. The standard InChI is InChI=1S/C17H22N2O2/c1-2-3-4-5-6-9-12-21-17(20)16-13-18-14-10-7-8-11-15(14)19-16/h7-8,10-11,13H,2-6,9,12H2,1H3. The SMILES string of the molecule is CCCCCCCCOC(=O)c1cnc2ccccc2n1. The van der Waals surface area contributed by atoms with E-state index >= 15 is 0 Å². The summed E-state index contributed by atoms with van der Waals surface area (Å²) in [6.07, 6.45) is 8.50. The first kappa shape index (κ1) is 15.4. The minimum atomic E-state index is -0.387. The summed E-state index contributed by atoms with van der Waals surface area (Å²) in [5.74, 6) is -0.387. The number of carbonyl (C=O) groups excluding carboxylic acids is 1. The zero-order chi connectivity index (χ0) is 14.9. The number of unbranched alkanes of at least 4 members (excludes halogenated alkanes) is 5. The van der Waals surface area contributed by atoms with Crippen LogP contribution >= 0.6 is 0 Å². The second-order valence-electron chi connectivity index (χ2n) is 5.15. The number of fused-ring (bicyclic) bond motifs is 1. The van der Waals surface area contributed by atoms with Gasteiger partial charge in [0.2, 0.25) is 0 Å². The van der Waals surface area contributed by atoms with Crippen LogP contribution in [0.4, 0.5) is 0 Å². The van der Waals surface area contributed by atoms with E-state index in [9.17, 15) is 4.79 Å². The van der Waals surface area contributed by atoms with Crippen molar-refractivity contribution < 1.29 is 9.53 Å². The molecule has 0 radical (unpaired) electrons. The third kappa shape index (κ3) is 4.81. The molecule has 0 spiro atoms. The largest absolute Gasteiger partial charge is 0.461 e. The fourth-order valence-electron chi connectivity index (χ4n) is 2.18. The maximum atomic E-state index is 11.9.